The monoisotopic (exact) mass is 396 g/mol. The number of nitrogens with one attached hydrogen (secondary N) is 1. The predicted molar refractivity (Wildman–Crippen MR) is 109 cm³/mol. The van der Waals surface area contributed by atoms with E-state index in [1.54, 1.807) is 18.2 Å². The van der Waals surface area contributed by atoms with E-state index in [0.29, 0.717) is 43.5 Å². The summed E-state index contributed by atoms with van der Waals surface area (Å²) in [4.78, 5) is 27.0. The Bertz CT molecular complexity index is 893. The molecule has 2 heterocycles. The molecule has 0 atom stereocenters. The first kappa shape index (κ1) is 19.3. The third kappa shape index (κ3) is 4.86. The zero-order valence-electron chi connectivity index (χ0n) is 16.2. The molecule has 0 radical (unpaired) electrons. The number of benzene rings is 2. The van der Waals surface area contributed by atoms with Gasteiger partial charge in [0.25, 0.3) is 0 Å². The zero-order chi connectivity index (χ0) is 20.1. The lowest BCUT2D eigenvalue weighted by Gasteiger charge is -2.29. The van der Waals surface area contributed by atoms with Crippen LogP contribution in [0.3, 0.4) is 0 Å². The van der Waals surface area contributed by atoms with Crippen molar-refractivity contribution >= 4 is 23.1 Å². The fraction of sp³-hybridized carbons (Fsp3) is 0.364. The van der Waals surface area contributed by atoms with Gasteiger partial charge in [-0.25, -0.2) is 0 Å². The molecule has 0 spiro atoms. The molecule has 0 unspecified atom stereocenters. The number of carbonyl (C=O) groups excluding carboxylic acids is 2. The molecule has 7 heteroatoms. The second kappa shape index (κ2) is 8.96. The Labute approximate surface area is 169 Å². The van der Waals surface area contributed by atoms with Gasteiger partial charge in [-0.1, -0.05) is 6.07 Å². The molecule has 152 valence electrons. The summed E-state index contributed by atoms with van der Waals surface area (Å²) >= 11 is 0. The molecule has 4 rings (SSSR count). The Morgan fingerprint density at radius 3 is 2.52 bits per heavy atom. The van der Waals surface area contributed by atoms with E-state index in [1.165, 1.54) is 0 Å². The number of carbonyl (C=O) groups is 2. The molecule has 0 bridgehead atoms. The number of Topliss-reactive ketones (excluding diaryl/α,β-unsaturated/α-hetero) is 1. The average molecular weight is 396 g/mol. The van der Waals surface area contributed by atoms with Gasteiger partial charge in [-0.3, -0.25) is 9.59 Å². The van der Waals surface area contributed by atoms with Crippen molar-refractivity contribution in [3.63, 3.8) is 0 Å². The summed E-state index contributed by atoms with van der Waals surface area (Å²) in [7, 11) is 0. The molecular weight excluding hydrogens is 372 g/mol. The molecule has 1 saturated heterocycles. The summed E-state index contributed by atoms with van der Waals surface area (Å²) in [6.07, 6.45) is 0.254. The third-order valence-electron chi connectivity index (χ3n) is 4.95. The van der Waals surface area contributed by atoms with Crippen LogP contribution in [0, 0.1) is 0 Å². The Hall–Kier alpha value is -3.06. The third-order valence-corrected chi connectivity index (χ3v) is 4.95. The number of ketones is 1. The maximum Gasteiger partial charge on any atom is 0.224 e. The number of fused-ring (bicyclic) bond motifs is 1. The molecule has 7 nitrogen and oxygen atoms in total. The first-order valence-corrected chi connectivity index (χ1v) is 9.84. The van der Waals surface area contributed by atoms with Gasteiger partial charge in [0.1, 0.15) is 13.2 Å². The second-order valence-corrected chi connectivity index (χ2v) is 6.98. The summed E-state index contributed by atoms with van der Waals surface area (Å²) < 4.78 is 16.4. The van der Waals surface area contributed by atoms with Crippen molar-refractivity contribution in [2.45, 2.75) is 12.8 Å². The van der Waals surface area contributed by atoms with Crippen molar-refractivity contribution in [2.75, 3.05) is 49.7 Å². The number of morpholine rings is 1. The minimum Gasteiger partial charge on any atom is -0.486 e. The molecule has 2 aromatic rings. The van der Waals surface area contributed by atoms with Gasteiger partial charge < -0.3 is 24.4 Å². The molecule has 1 fully saturated rings. The van der Waals surface area contributed by atoms with Crippen LogP contribution in [0.5, 0.6) is 11.5 Å². The van der Waals surface area contributed by atoms with Crippen molar-refractivity contribution in [2.24, 2.45) is 0 Å². The topological polar surface area (TPSA) is 77.1 Å². The molecule has 0 aliphatic carbocycles. The molecule has 2 aliphatic rings. The van der Waals surface area contributed by atoms with Crippen molar-refractivity contribution in [1.82, 2.24) is 0 Å². The lowest BCUT2D eigenvalue weighted by molar-refractivity contribution is -0.116. The second-order valence-electron chi connectivity index (χ2n) is 6.98. The van der Waals surface area contributed by atoms with E-state index >= 15 is 0 Å². The van der Waals surface area contributed by atoms with E-state index in [-0.39, 0.29) is 24.5 Å². The highest BCUT2D eigenvalue weighted by atomic mass is 16.6. The van der Waals surface area contributed by atoms with Crippen molar-refractivity contribution in [3.8, 4) is 11.5 Å². The average Bonchev–Trinajstić information content (AvgIpc) is 2.78. The Morgan fingerprint density at radius 2 is 1.69 bits per heavy atom. The lowest BCUT2D eigenvalue weighted by Crippen LogP contribution is -2.36. The van der Waals surface area contributed by atoms with Crippen LogP contribution in [0.1, 0.15) is 23.2 Å². The largest absolute Gasteiger partial charge is 0.486 e. The van der Waals surface area contributed by atoms with Gasteiger partial charge in [-0.2, -0.15) is 0 Å². The van der Waals surface area contributed by atoms with E-state index in [9.17, 15) is 9.59 Å². The summed E-state index contributed by atoms with van der Waals surface area (Å²) in [5.41, 5.74) is 2.31. The zero-order valence-corrected chi connectivity index (χ0v) is 16.2. The van der Waals surface area contributed by atoms with Gasteiger partial charge in [0.2, 0.25) is 5.91 Å². The van der Waals surface area contributed by atoms with Crippen LogP contribution in [-0.2, 0) is 9.53 Å². The van der Waals surface area contributed by atoms with Crippen LogP contribution in [0.2, 0.25) is 0 Å². The predicted octanol–water partition coefficient (Wildman–Crippen LogP) is 2.90. The van der Waals surface area contributed by atoms with Crippen LogP contribution in [0.25, 0.3) is 0 Å². The molecule has 0 aromatic heterocycles. The lowest BCUT2D eigenvalue weighted by atomic mass is 10.1. The molecule has 0 saturated carbocycles. The number of rotatable bonds is 6. The van der Waals surface area contributed by atoms with Crippen molar-refractivity contribution in [3.05, 3.63) is 48.0 Å². The SMILES string of the molecule is O=C(CCC(=O)c1ccc2c(c1)OCCO2)Nc1cccc(N2CCOCC2)c1. The fourth-order valence-corrected chi connectivity index (χ4v) is 3.41. The summed E-state index contributed by atoms with van der Waals surface area (Å²) in [5.74, 6) is 0.936. The number of anilines is 2. The minimum absolute atomic E-state index is 0.0980. The Morgan fingerprint density at radius 1 is 0.897 bits per heavy atom. The number of amides is 1. The minimum atomic E-state index is -0.185. The van der Waals surface area contributed by atoms with Gasteiger partial charge in [0, 0.05) is 42.9 Å². The maximum absolute atomic E-state index is 12.5. The molecule has 2 aromatic carbocycles. The van der Waals surface area contributed by atoms with E-state index < -0.39 is 0 Å². The highest BCUT2D eigenvalue weighted by Crippen LogP contribution is 2.31. The smallest absolute Gasteiger partial charge is 0.224 e. The number of hydrogen-bond donors (Lipinski definition) is 1. The molecule has 1 amide bonds. The number of hydrogen-bond acceptors (Lipinski definition) is 6. The van der Waals surface area contributed by atoms with E-state index in [2.05, 4.69) is 10.2 Å². The van der Waals surface area contributed by atoms with Gasteiger partial charge in [0.15, 0.2) is 17.3 Å². The molecule has 2 aliphatic heterocycles. The fourth-order valence-electron chi connectivity index (χ4n) is 3.41. The van der Waals surface area contributed by atoms with Gasteiger partial charge in [-0.15, -0.1) is 0 Å². The van der Waals surface area contributed by atoms with E-state index in [1.807, 2.05) is 24.3 Å². The molecule has 1 N–H and O–H groups in total. The van der Waals surface area contributed by atoms with Gasteiger partial charge in [-0.05, 0) is 36.4 Å². The van der Waals surface area contributed by atoms with Crippen LogP contribution in [0.4, 0.5) is 11.4 Å². The first-order chi connectivity index (χ1) is 14.2. The first-order valence-electron chi connectivity index (χ1n) is 9.84. The number of ether oxygens (including phenoxy) is 3. The normalized spacial score (nSPS) is 15.7. The van der Waals surface area contributed by atoms with Crippen molar-refractivity contribution in [1.29, 1.82) is 0 Å². The summed E-state index contributed by atoms with van der Waals surface area (Å²) in [5, 5.41) is 2.88. The molecular formula is C22H24N2O5. The Kier molecular flexibility index (Phi) is 5.95. The van der Waals surface area contributed by atoms with Crippen LogP contribution in [0.15, 0.2) is 42.5 Å². The quantitative estimate of drug-likeness (QED) is 0.757. The summed E-state index contributed by atoms with van der Waals surface area (Å²) in [6.45, 7) is 4.06. The van der Waals surface area contributed by atoms with E-state index in [4.69, 9.17) is 14.2 Å². The van der Waals surface area contributed by atoms with Gasteiger partial charge >= 0.3 is 0 Å². The van der Waals surface area contributed by atoms with E-state index in [0.717, 1.165) is 24.5 Å². The van der Waals surface area contributed by atoms with Gasteiger partial charge in [0.05, 0.1) is 13.2 Å². The summed E-state index contributed by atoms with van der Waals surface area (Å²) in [6, 6.07) is 12.9. The standard InChI is InChI=1S/C22H24N2O5/c25-19(16-4-6-20-21(14-16)29-13-12-28-20)5-7-22(26)23-17-2-1-3-18(15-17)24-8-10-27-11-9-24/h1-4,6,14-15H,5,7-13H2,(H,23,26). The van der Waals surface area contributed by atoms with Crippen LogP contribution >= 0.6 is 0 Å². The highest BCUT2D eigenvalue weighted by Gasteiger charge is 2.16. The highest BCUT2D eigenvalue weighted by molar-refractivity contribution is 6.00. The Balaban J connectivity index is 1.31. The van der Waals surface area contributed by atoms with Crippen LogP contribution < -0.4 is 19.7 Å². The van der Waals surface area contributed by atoms with Crippen LogP contribution in [-0.4, -0.2) is 51.2 Å². The maximum atomic E-state index is 12.5. The molecule has 29 heavy (non-hydrogen) atoms. The number of nitrogens with zero attached hydrogens (tertiary/aromatic N) is 1. The van der Waals surface area contributed by atoms with Crippen molar-refractivity contribution < 1.29 is 23.8 Å².